The van der Waals surface area contributed by atoms with Crippen molar-refractivity contribution >= 4 is 23.9 Å². The highest BCUT2D eigenvalue weighted by molar-refractivity contribution is 5.94. The van der Waals surface area contributed by atoms with Crippen LogP contribution >= 0.6 is 0 Å². The summed E-state index contributed by atoms with van der Waals surface area (Å²) >= 11 is 0. The fourth-order valence-electron chi connectivity index (χ4n) is 5.32. The Balaban J connectivity index is 1.59. The van der Waals surface area contributed by atoms with E-state index in [-0.39, 0.29) is 0 Å². The van der Waals surface area contributed by atoms with Crippen LogP contribution in [0.5, 0.6) is 69.0 Å². The molecule has 5 rings (SSSR count). The highest BCUT2D eigenvalue weighted by atomic mass is 16.6. The molecular weight excluding hydrogens is 744 g/mol. The van der Waals surface area contributed by atoms with Crippen LogP contribution in [0.2, 0.25) is 0 Å². The second-order valence-corrected chi connectivity index (χ2v) is 11.8. The summed E-state index contributed by atoms with van der Waals surface area (Å²) in [6.45, 7) is 0. The van der Waals surface area contributed by atoms with E-state index in [4.69, 9.17) is 18.9 Å². The van der Waals surface area contributed by atoms with Crippen molar-refractivity contribution in [3.8, 4) is 69.0 Å². The molecule has 0 unspecified atom stereocenters. The van der Waals surface area contributed by atoms with E-state index in [0.29, 0.717) is 48.5 Å². The van der Waals surface area contributed by atoms with Crippen LogP contribution in [-0.4, -0.2) is 121 Å². The first kappa shape index (κ1) is 38.5. The molecule has 0 aromatic heterocycles. The second kappa shape index (κ2) is 14.7. The van der Waals surface area contributed by atoms with Crippen LogP contribution in [0, 0.1) is 0 Å². The number of hydrogen-bond acceptors (Lipinski definition) is 21. The Kier molecular flexibility index (Phi) is 10.3. The molecule has 1 saturated carbocycles. The minimum Gasteiger partial charge on any atom is -0.504 e. The van der Waals surface area contributed by atoms with E-state index in [2.05, 4.69) is 0 Å². The van der Waals surface area contributed by atoms with E-state index in [1.54, 1.807) is 0 Å². The average Bonchev–Trinajstić information content (AvgIpc) is 3.12. The fraction of sp³-hybridized carbons (Fsp3) is 0.176. The topological polar surface area (TPSA) is 368 Å². The lowest BCUT2D eigenvalue weighted by atomic mass is 9.86. The first-order valence-electron chi connectivity index (χ1n) is 15.3. The number of aliphatic hydroxyl groups excluding tert-OH is 1. The Labute approximate surface area is 305 Å². The van der Waals surface area contributed by atoms with Gasteiger partial charge in [-0.05, 0) is 48.5 Å². The predicted octanol–water partition coefficient (Wildman–Crippen LogP) is 1.12. The van der Waals surface area contributed by atoms with Gasteiger partial charge in [0.25, 0.3) is 0 Å². The number of aliphatic hydroxyl groups is 1. The number of hydrogen-bond donors (Lipinski definition) is 13. The van der Waals surface area contributed by atoms with Crippen LogP contribution in [0.4, 0.5) is 0 Å². The van der Waals surface area contributed by atoms with Crippen LogP contribution in [0.25, 0.3) is 0 Å². The molecule has 0 radical (unpaired) electrons. The molecular formula is C34H28O21. The maximum Gasteiger partial charge on any atom is 0.338 e. The molecule has 0 aliphatic heterocycles. The maximum atomic E-state index is 13.4. The molecule has 0 saturated heterocycles. The van der Waals surface area contributed by atoms with E-state index < -0.39 is 152 Å². The summed E-state index contributed by atoms with van der Waals surface area (Å²) in [5.41, 5.74) is -2.65. The lowest BCUT2D eigenvalue weighted by molar-refractivity contribution is -0.181. The number of aromatic hydroxyl groups is 12. The van der Waals surface area contributed by atoms with Crippen molar-refractivity contribution in [2.45, 2.75) is 36.9 Å². The standard InChI is InChI=1S/C34H28O21/c35-14-1-10(2-15(36)24(14)43)31(48)52-22-9-23(53-32(49)11-3-16(37)25(44)17(38)4-11)29(54-33(50)12-5-18(39)26(45)19(40)6-12)30(28(22)47)55-34(51)13-7-20(41)27(46)21(42)8-13/h1-8,22-23,28-30,35-47H,9H2/t22-,23-,28+,29-,30-/m0/s1. The minimum absolute atomic E-state index is 0.609. The van der Waals surface area contributed by atoms with Crippen molar-refractivity contribution in [1.82, 2.24) is 0 Å². The molecule has 13 N–H and O–H groups in total. The Bertz CT molecular complexity index is 2120. The van der Waals surface area contributed by atoms with Crippen LogP contribution in [0.1, 0.15) is 47.9 Å². The molecule has 0 amide bonds. The number of carbonyl (C=O) groups excluding carboxylic acids is 4. The van der Waals surface area contributed by atoms with Gasteiger partial charge in [0.05, 0.1) is 22.3 Å². The molecule has 0 heterocycles. The van der Waals surface area contributed by atoms with Gasteiger partial charge in [-0.1, -0.05) is 0 Å². The summed E-state index contributed by atoms with van der Waals surface area (Å²) in [5, 5.41) is 130. The lowest BCUT2D eigenvalue weighted by Gasteiger charge is -2.42. The van der Waals surface area contributed by atoms with E-state index >= 15 is 0 Å². The quantitative estimate of drug-likeness (QED) is 0.0677. The Morgan fingerprint density at radius 1 is 0.382 bits per heavy atom. The molecule has 0 spiro atoms. The molecule has 4 aromatic rings. The molecule has 5 atom stereocenters. The van der Waals surface area contributed by atoms with Gasteiger partial charge in [-0.25, -0.2) is 19.2 Å². The summed E-state index contributed by atoms with van der Waals surface area (Å²) in [6.07, 6.45) is -11.5. The summed E-state index contributed by atoms with van der Waals surface area (Å²) in [5.74, 6) is -18.1. The highest BCUT2D eigenvalue weighted by Crippen LogP contribution is 2.41. The van der Waals surface area contributed by atoms with Crippen molar-refractivity contribution < 1.29 is 105 Å². The Hall–Kier alpha value is -7.68. The highest BCUT2D eigenvalue weighted by Gasteiger charge is 2.52. The first-order chi connectivity index (χ1) is 25.8. The molecule has 1 fully saturated rings. The van der Waals surface area contributed by atoms with Crippen LogP contribution in [0.3, 0.4) is 0 Å². The number of benzene rings is 4. The molecule has 290 valence electrons. The van der Waals surface area contributed by atoms with Crippen molar-refractivity contribution in [1.29, 1.82) is 0 Å². The molecule has 55 heavy (non-hydrogen) atoms. The normalized spacial score (nSPS) is 19.2. The Morgan fingerprint density at radius 2 is 0.618 bits per heavy atom. The predicted molar refractivity (Wildman–Crippen MR) is 173 cm³/mol. The third kappa shape index (κ3) is 7.75. The number of rotatable bonds is 8. The SMILES string of the molecule is O=C(O[C@@H]1[C@@H](OC(=O)c2cc(O)c(O)c(O)c2)[C@H](O)[C@@H](OC(=O)c2cc(O)c(O)c(O)c2)C[C@@H]1OC(=O)c1cc(O)c(O)c(O)c1)c1cc(O)c(O)c(O)c1. The zero-order valence-corrected chi connectivity index (χ0v) is 27.3. The van der Waals surface area contributed by atoms with Crippen molar-refractivity contribution in [3.63, 3.8) is 0 Å². The van der Waals surface area contributed by atoms with E-state index in [0.717, 1.165) is 0 Å². The zero-order valence-electron chi connectivity index (χ0n) is 27.3. The zero-order chi connectivity index (χ0) is 40.6. The number of phenolic OH excluding ortho intramolecular Hbond substituents is 12. The fourth-order valence-corrected chi connectivity index (χ4v) is 5.32. The van der Waals surface area contributed by atoms with Gasteiger partial charge in [-0.2, -0.15) is 0 Å². The summed E-state index contributed by atoms with van der Waals surface area (Å²) in [7, 11) is 0. The van der Waals surface area contributed by atoms with Gasteiger partial charge in [0.2, 0.25) is 0 Å². The van der Waals surface area contributed by atoms with Gasteiger partial charge in [0.15, 0.2) is 81.2 Å². The average molecular weight is 773 g/mol. The first-order valence-corrected chi connectivity index (χ1v) is 15.3. The van der Waals surface area contributed by atoms with Gasteiger partial charge < -0.3 is 85.3 Å². The van der Waals surface area contributed by atoms with Gasteiger partial charge in [-0.3, -0.25) is 0 Å². The third-order valence-corrected chi connectivity index (χ3v) is 8.10. The maximum absolute atomic E-state index is 13.4. The second-order valence-electron chi connectivity index (χ2n) is 11.8. The Morgan fingerprint density at radius 3 is 0.909 bits per heavy atom. The molecule has 0 bridgehead atoms. The minimum atomic E-state index is -2.29. The van der Waals surface area contributed by atoms with Crippen LogP contribution in [-0.2, 0) is 18.9 Å². The smallest absolute Gasteiger partial charge is 0.338 e. The monoisotopic (exact) mass is 772 g/mol. The van der Waals surface area contributed by atoms with Crippen LogP contribution < -0.4 is 0 Å². The molecule has 1 aliphatic rings. The van der Waals surface area contributed by atoms with Gasteiger partial charge >= 0.3 is 23.9 Å². The summed E-state index contributed by atoms with van der Waals surface area (Å²) in [6, 6.07) is 5.05. The molecule has 1 aliphatic carbocycles. The number of phenols is 12. The summed E-state index contributed by atoms with van der Waals surface area (Å²) in [4.78, 5) is 53.3. The third-order valence-electron chi connectivity index (χ3n) is 8.10. The number of esters is 4. The molecule has 21 nitrogen and oxygen atoms in total. The van der Waals surface area contributed by atoms with E-state index in [1.165, 1.54) is 0 Å². The van der Waals surface area contributed by atoms with E-state index in [9.17, 15) is 85.6 Å². The van der Waals surface area contributed by atoms with E-state index in [1.807, 2.05) is 0 Å². The van der Waals surface area contributed by atoms with Crippen LogP contribution in [0.15, 0.2) is 48.5 Å². The van der Waals surface area contributed by atoms with Crippen molar-refractivity contribution in [3.05, 3.63) is 70.8 Å². The molecule has 21 heteroatoms. The summed E-state index contributed by atoms with van der Waals surface area (Å²) < 4.78 is 21.6. The largest absolute Gasteiger partial charge is 0.504 e. The van der Waals surface area contributed by atoms with Gasteiger partial charge in [0, 0.05) is 6.42 Å². The molecule has 4 aromatic carbocycles. The van der Waals surface area contributed by atoms with Gasteiger partial charge in [-0.15, -0.1) is 0 Å². The van der Waals surface area contributed by atoms with Crippen molar-refractivity contribution in [2.75, 3.05) is 0 Å². The number of ether oxygens (including phenoxy) is 4. The lowest BCUT2D eigenvalue weighted by Crippen LogP contribution is -2.60. The number of carbonyl (C=O) groups is 4. The van der Waals surface area contributed by atoms with Crippen molar-refractivity contribution in [2.24, 2.45) is 0 Å². The van der Waals surface area contributed by atoms with Gasteiger partial charge in [0.1, 0.15) is 18.3 Å².